The standard InChI is InChI=1S/C14H17ClN4/c15-13-14(19-7-3-4-10(8-16)9-19)18-12-6-2-1-5-11(12)17-13/h1-2,5-6,10H,3-4,7-9,16H2/t10-/m1/s1. The second-order valence-corrected chi connectivity index (χ2v) is 5.37. The highest BCUT2D eigenvalue weighted by Crippen LogP contribution is 2.28. The lowest BCUT2D eigenvalue weighted by molar-refractivity contribution is 0.422. The summed E-state index contributed by atoms with van der Waals surface area (Å²) < 4.78 is 0. The Balaban J connectivity index is 1.97. The molecular formula is C14H17ClN4. The maximum absolute atomic E-state index is 6.28. The van der Waals surface area contributed by atoms with Gasteiger partial charge >= 0.3 is 0 Å². The van der Waals surface area contributed by atoms with Crippen LogP contribution in [0, 0.1) is 5.92 Å². The first kappa shape index (κ1) is 12.6. The van der Waals surface area contributed by atoms with E-state index in [1.54, 1.807) is 0 Å². The van der Waals surface area contributed by atoms with Gasteiger partial charge in [0.15, 0.2) is 11.0 Å². The van der Waals surface area contributed by atoms with Crippen LogP contribution in [0.5, 0.6) is 0 Å². The zero-order valence-corrected chi connectivity index (χ0v) is 11.5. The normalized spacial score (nSPS) is 19.9. The summed E-state index contributed by atoms with van der Waals surface area (Å²) in [4.78, 5) is 11.3. The van der Waals surface area contributed by atoms with Gasteiger partial charge in [0.1, 0.15) is 0 Å². The Kier molecular flexibility index (Phi) is 3.53. The number of benzene rings is 1. The van der Waals surface area contributed by atoms with Gasteiger partial charge in [-0.05, 0) is 37.4 Å². The fourth-order valence-corrected chi connectivity index (χ4v) is 2.87. The second kappa shape index (κ2) is 5.31. The number of anilines is 1. The van der Waals surface area contributed by atoms with Crippen LogP contribution in [0.3, 0.4) is 0 Å². The second-order valence-electron chi connectivity index (χ2n) is 5.02. The van der Waals surface area contributed by atoms with Gasteiger partial charge in [0.2, 0.25) is 0 Å². The van der Waals surface area contributed by atoms with E-state index < -0.39 is 0 Å². The summed E-state index contributed by atoms with van der Waals surface area (Å²) >= 11 is 6.28. The van der Waals surface area contributed by atoms with Gasteiger partial charge in [-0.25, -0.2) is 9.97 Å². The molecule has 1 aliphatic heterocycles. The zero-order valence-electron chi connectivity index (χ0n) is 10.7. The predicted octanol–water partition coefficient (Wildman–Crippen LogP) is 2.46. The molecule has 2 aromatic rings. The molecule has 2 heterocycles. The third-order valence-corrected chi connectivity index (χ3v) is 3.92. The van der Waals surface area contributed by atoms with Crippen molar-refractivity contribution in [1.82, 2.24) is 9.97 Å². The van der Waals surface area contributed by atoms with E-state index in [0.29, 0.717) is 11.1 Å². The van der Waals surface area contributed by atoms with Crippen molar-refractivity contribution in [3.63, 3.8) is 0 Å². The molecule has 1 saturated heterocycles. The molecule has 0 bridgehead atoms. The smallest absolute Gasteiger partial charge is 0.172 e. The third kappa shape index (κ3) is 2.51. The van der Waals surface area contributed by atoms with Gasteiger partial charge in [-0.1, -0.05) is 23.7 Å². The Morgan fingerprint density at radius 2 is 2.00 bits per heavy atom. The van der Waals surface area contributed by atoms with Crippen LogP contribution in [-0.4, -0.2) is 29.6 Å². The van der Waals surface area contributed by atoms with Gasteiger partial charge in [0.05, 0.1) is 11.0 Å². The molecule has 100 valence electrons. The summed E-state index contributed by atoms with van der Waals surface area (Å²) in [5.74, 6) is 1.32. The highest BCUT2D eigenvalue weighted by molar-refractivity contribution is 6.32. The van der Waals surface area contributed by atoms with Crippen LogP contribution in [-0.2, 0) is 0 Å². The number of aromatic nitrogens is 2. The van der Waals surface area contributed by atoms with Crippen molar-refractivity contribution in [2.24, 2.45) is 11.7 Å². The van der Waals surface area contributed by atoms with Crippen molar-refractivity contribution < 1.29 is 0 Å². The molecular weight excluding hydrogens is 260 g/mol. The molecule has 1 fully saturated rings. The largest absolute Gasteiger partial charge is 0.354 e. The van der Waals surface area contributed by atoms with Crippen molar-refractivity contribution >= 4 is 28.5 Å². The van der Waals surface area contributed by atoms with Crippen LogP contribution < -0.4 is 10.6 Å². The van der Waals surface area contributed by atoms with Crippen molar-refractivity contribution in [3.8, 4) is 0 Å². The topological polar surface area (TPSA) is 55.0 Å². The summed E-state index contributed by atoms with van der Waals surface area (Å²) in [5.41, 5.74) is 7.50. The molecule has 0 aliphatic carbocycles. The first-order chi connectivity index (χ1) is 9.28. The van der Waals surface area contributed by atoms with Gasteiger partial charge in [-0.3, -0.25) is 0 Å². The number of nitrogens with two attached hydrogens (primary N) is 1. The van der Waals surface area contributed by atoms with Gasteiger partial charge in [-0.2, -0.15) is 0 Å². The lowest BCUT2D eigenvalue weighted by Crippen LogP contribution is -2.39. The van der Waals surface area contributed by atoms with Crippen LogP contribution >= 0.6 is 11.6 Å². The molecule has 0 saturated carbocycles. The van der Waals surface area contributed by atoms with Gasteiger partial charge < -0.3 is 10.6 Å². The number of piperidine rings is 1. The molecule has 1 atom stereocenters. The summed E-state index contributed by atoms with van der Waals surface area (Å²) in [7, 11) is 0. The molecule has 0 radical (unpaired) electrons. The maximum atomic E-state index is 6.28. The zero-order chi connectivity index (χ0) is 13.2. The number of rotatable bonds is 2. The van der Waals surface area contributed by atoms with Gasteiger partial charge in [0, 0.05) is 13.1 Å². The monoisotopic (exact) mass is 276 g/mol. The number of fused-ring (bicyclic) bond motifs is 1. The van der Waals surface area contributed by atoms with E-state index in [4.69, 9.17) is 17.3 Å². The number of hydrogen-bond donors (Lipinski definition) is 1. The first-order valence-corrected chi connectivity index (χ1v) is 7.03. The molecule has 1 aliphatic rings. The Labute approximate surface area is 117 Å². The van der Waals surface area contributed by atoms with E-state index in [9.17, 15) is 0 Å². The number of halogens is 1. The van der Waals surface area contributed by atoms with E-state index in [0.717, 1.165) is 42.9 Å². The van der Waals surface area contributed by atoms with Crippen molar-refractivity contribution in [2.75, 3.05) is 24.5 Å². The van der Waals surface area contributed by atoms with Crippen LogP contribution in [0.25, 0.3) is 11.0 Å². The van der Waals surface area contributed by atoms with Gasteiger partial charge in [-0.15, -0.1) is 0 Å². The van der Waals surface area contributed by atoms with E-state index in [1.807, 2.05) is 24.3 Å². The van der Waals surface area contributed by atoms with Gasteiger partial charge in [0.25, 0.3) is 0 Å². The molecule has 0 amide bonds. The lowest BCUT2D eigenvalue weighted by Gasteiger charge is -2.33. The van der Waals surface area contributed by atoms with Crippen LogP contribution in [0.1, 0.15) is 12.8 Å². The summed E-state index contributed by atoms with van der Waals surface area (Å²) in [6, 6.07) is 7.80. The molecule has 0 spiro atoms. The molecule has 19 heavy (non-hydrogen) atoms. The molecule has 4 nitrogen and oxygen atoms in total. The number of nitrogens with zero attached hydrogens (tertiary/aromatic N) is 3. The molecule has 5 heteroatoms. The maximum Gasteiger partial charge on any atom is 0.172 e. The van der Waals surface area contributed by atoms with Crippen molar-refractivity contribution in [1.29, 1.82) is 0 Å². The molecule has 1 aromatic heterocycles. The summed E-state index contributed by atoms with van der Waals surface area (Å²) in [6.45, 7) is 2.61. The average Bonchev–Trinajstić information content (AvgIpc) is 2.46. The predicted molar refractivity (Wildman–Crippen MR) is 78.5 cm³/mol. The van der Waals surface area contributed by atoms with Crippen LogP contribution in [0.15, 0.2) is 24.3 Å². The van der Waals surface area contributed by atoms with E-state index in [1.165, 1.54) is 6.42 Å². The molecule has 2 N–H and O–H groups in total. The summed E-state index contributed by atoms with van der Waals surface area (Å²) in [6.07, 6.45) is 2.32. The Hall–Kier alpha value is -1.39. The quantitative estimate of drug-likeness (QED) is 0.915. The molecule has 0 unspecified atom stereocenters. The third-order valence-electron chi connectivity index (χ3n) is 3.66. The minimum absolute atomic E-state index is 0.483. The minimum atomic E-state index is 0.483. The Morgan fingerprint density at radius 1 is 1.26 bits per heavy atom. The van der Waals surface area contributed by atoms with Crippen molar-refractivity contribution in [3.05, 3.63) is 29.4 Å². The fourth-order valence-electron chi connectivity index (χ4n) is 2.62. The van der Waals surface area contributed by atoms with E-state index >= 15 is 0 Å². The Morgan fingerprint density at radius 3 is 2.74 bits per heavy atom. The van der Waals surface area contributed by atoms with Crippen molar-refractivity contribution in [2.45, 2.75) is 12.8 Å². The Bertz CT molecular complexity index is 587. The van der Waals surface area contributed by atoms with Crippen LogP contribution in [0.4, 0.5) is 5.82 Å². The highest BCUT2D eigenvalue weighted by Gasteiger charge is 2.22. The number of hydrogen-bond acceptors (Lipinski definition) is 4. The van der Waals surface area contributed by atoms with E-state index in [2.05, 4.69) is 14.9 Å². The molecule has 3 rings (SSSR count). The minimum Gasteiger partial charge on any atom is -0.354 e. The lowest BCUT2D eigenvalue weighted by atomic mass is 9.98. The first-order valence-electron chi connectivity index (χ1n) is 6.65. The average molecular weight is 277 g/mol. The van der Waals surface area contributed by atoms with Crippen LogP contribution in [0.2, 0.25) is 5.15 Å². The van der Waals surface area contributed by atoms with E-state index in [-0.39, 0.29) is 0 Å². The number of para-hydroxylation sites is 2. The fraction of sp³-hybridized carbons (Fsp3) is 0.429. The SMILES string of the molecule is NC[C@H]1CCCN(c2nc3ccccc3nc2Cl)C1. The highest BCUT2D eigenvalue weighted by atomic mass is 35.5. The molecule has 1 aromatic carbocycles. The summed E-state index contributed by atoms with van der Waals surface area (Å²) in [5, 5.41) is 0.483.